The van der Waals surface area contributed by atoms with Crippen LogP contribution in [0, 0.1) is 5.82 Å². The third-order valence-electron chi connectivity index (χ3n) is 3.98. The monoisotopic (exact) mass is 385 g/mol. The van der Waals surface area contributed by atoms with Crippen LogP contribution in [0.25, 0.3) is 11.4 Å². The molecule has 0 saturated carbocycles. The summed E-state index contributed by atoms with van der Waals surface area (Å²) in [5.74, 6) is 2.59. The van der Waals surface area contributed by atoms with Crippen molar-refractivity contribution in [1.82, 2.24) is 14.8 Å². The van der Waals surface area contributed by atoms with Crippen LogP contribution in [0.4, 0.5) is 4.39 Å². The average molecular weight is 385 g/mol. The number of hydrogen-bond donors (Lipinski definition) is 0. The Kier molecular flexibility index (Phi) is 6.13. The summed E-state index contributed by atoms with van der Waals surface area (Å²) in [6.07, 6.45) is 1.78. The first-order valence-corrected chi connectivity index (χ1v) is 9.28. The van der Waals surface area contributed by atoms with Gasteiger partial charge in [0, 0.05) is 23.4 Å². The van der Waals surface area contributed by atoms with E-state index in [9.17, 15) is 4.39 Å². The van der Waals surface area contributed by atoms with Gasteiger partial charge >= 0.3 is 0 Å². The zero-order valence-electron chi connectivity index (χ0n) is 15.2. The summed E-state index contributed by atoms with van der Waals surface area (Å²) in [4.78, 5) is 0. The van der Waals surface area contributed by atoms with Crippen LogP contribution in [0.3, 0.4) is 0 Å². The molecular weight excluding hydrogens is 365 g/mol. The molecule has 3 aromatic rings. The maximum absolute atomic E-state index is 13.2. The molecule has 0 saturated heterocycles. The smallest absolute Gasteiger partial charge is 0.192 e. The van der Waals surface area contributed by atoms with Crippen LogP contribution in [-0.2, 0) is 12.3 Å². The number of hydrogen-bond acceptors (Lipinski definition) is 5. The first-order chi connectivity index (χ1) is 13.2. The van der Waals surface area contributed by atoms with Crippen molar-refractivity contribution in [1.29, 1.82) is 0 Å². The number of halogens is 1. The molecular formula is C20H20FN3O2S. The molecule has 0 aliphatic heterocycles. The summed E-state index contributed by atoms with van der Waals surface area (Å²) in [5, 5.41) is 9.35. The highest BCUT2D eigenvalue weighted by molar-refractivity contribution is 7.98. The lowest BCUT2D eigenvalue weighted by atomic mass is 10.2. The highest BCUT2D eigenvalue weighted by Gasteiger charge is 2.15. The SMILES string of the molecule is C=CCn1c(SCc2cc(OC)ccc2OC)nnc1-c1ccc(F)cc1. The van der Waals surface area contributed by atoms with Gasteiger partial charge < -0.3 is 9.47 Å². The maximum Gasteiger partial charge on any atom is 0.192 e. The Morgan fingerprint density at radius 1 is 1.11 bits per heavy atom. The van der Waals surface area contributed by atoms with E-state index in [4.69, 9.17) is 9.47 Å². The molecule has 1 aromatic heterocycles. The minimum atomic E-state index is -0.284. The summed E-state index contributed by atoms with van der Waals surface area (Å²) in [6.45, 7) is 4.36. The fraction of sp³-hybridized carbons (Fsp3) is 0.200. The Balaban J connectivity index is 1.87. The first kappa shape index (κ1) is 19.0. The van der Waals surface area contributed by atoms with Gasteiger partial charge in [-0.2, -0.15) is 0 Å². The zero-order chi connectivity index (χ0) is 19.2. The molecule has 0 N–H and O–H groups in total. The van der Waals surface area contributed by atoms with Gasteiger partial charge in [-0.1, -0.05) is 17.8 Å². The number of thioether (sulfide) groups is 1. The van der Waals surface area contributed by atoms with Crippen molar-refractivity contribution in [3.63, 3.8) is 0 Å². The number of aromatic nitrogens is 3. The van der Waals surface area contributed by atoms with E-state index < -0.39 is 0 Å². The molecule has 140 valence electrons. The van der Waals surface area contributed by atoms with Gasteiger partial charge in [-0.05, 0) is 42.5 Å². The zero-order valence-corrected chi connectivity index (χ0v) is 16.0. The van der Waals surface area contributed by atoms with E-state index in [1.807, 2.05) is 22.8 Å². The fourth-order valence-electron chi connectivity index (χ4n) is 2.64. The summed E-state index contributed by atoms with van der Waals surface area (Å²) in [5.41, 5.74) is 1.80. The lowest BCUT2D eigenvalue weighted by Gasteiger charge is -2.11. The van der Waals surface area contributed by atoms with E-state index in [1.54, 1.807) is 32.4 Å². The number of allylic oxidation sites excluding steroid dienone is 1. The van der Waals surface area contributed by atoms with Crippen LogP contribution < -0.4 is 9.47 Å². The van der Waals surface area contributed by atoms with E-state index >= 15 is 0 Å². The van der Waals surface area contributed by atoms with Crippen LogP contribution >= 0.6 is 11.8 Å². The highest BCUT2D eigenvalue weighted by Crippen LogP contribution is 2.31. The Morgan fingerprint density at radius 3 is 2.56 bits per heavy atom. The van der Waals surface area contributed by atoms with E-state index in [0.29, 0.717) is 18.1 Å². The molecule has 0 aliphatic carbocycles. The summed E-state index contributed by atoms with van der Waals surface area (Å²) >= 11 is 1.54. The molecule has 2 aromatic carbocycles. The molecule has 5 nitrogen and oxygen atoms in total. The molecule has 1 heterocycles. The van der Waals surface area contributed by atoms with Crippen molar-refractivity contribution in [3.8, 4) is 22.9 Å². The third-order valence-corrected chi connectivity index (χ3v) is 4.99. The van der Waals surface area contributed by atoms with Crippen LogP contribution in [0.1, 0.15) is 5.56 Å². The molecule has 0 radical (unpaired) electrons. The molecule has 0 amide bonds. The van der Waals surface area contributed by atoms with Crippen molar-refractivity contribution >= 4 is 11.8 Å². The second-order valence-corrected chi connectivity index (χ2v) is 6.62. The predicted octanol–water partition coefficient (Wildman–Crippen LogP) is 4.58. The first-order valence-electron chi connectivity index (χ1n) is 8.30. The Morgan fingerprint density at radius 2 is 1.89 bits per heavy atom. The minimum absolute atomic E-state index is 0.284. The molecule has 0 aliphatic rings. The number of rotatable bonds is 8. The van der Waals surface area contributed by atoms with Crippen molar-refractivity contribution in [2.24, 2.45) is 0 Å². The van der Waals surface area contributed by atoms with Gasteiger partial charge in [0.2, 0.25) is 0 Å². The van der Waals surface area contributed by atoms with E-state index in [-0.39, 0.29) is 5.82 Å². The van der Waals surface area contributed by atoms with Gasteiger partial charge in [0.05, 0.1) is 14.2 Å². The van der Waals surface area contributed by atoms with Crippen molar-refractivity contribution < 1.29 is 13.9 Å². The number of nitrogens with zero attached hydrogens (tertiary/aromatic N) is 3. The van der Waals surface area contributed by atoms with Gasteiger partial charge in [0.1, 0.15) is 17.3 Å². The van der Waals surface area contributed by atoms with Crippen LogP contribution in [0.5, 0.6) is 11.5 Å². The highest BCUT2D eigenvalue weighted by atomic mass is 32.2. The second-order valence-electron chi connectivity index (χ2n) is 5.68. The fourth-order valence-corrected chi connectivity index (χ4v) is 3.56. The summed E-state index contributed by atoms with van der Waals surface area (Å²) in [6, 6.07) is 11.9. The average Bonchev–Trinajstić information content (AvgIpc) is 3.09. The molecule has 0 bridgehead atoms. The summed E-state index contributed by atoms with van der Waals surface area (Å²) in [7, 11) is 3.28. The van der Waals surface area contributed by atoms with Crippen LogP contribution in [0.15, 0.2) is 60.3 Å². The van der Waals surface area contributed by atoms with Crippen molar-refractivity contribution in [2.75, 3.05) is 14.2 Å². The molecule has 3 rings (SSSR count). The van der Waals surface area contributed by atoms with Crippen molar-refractivity contribution in [2.45, 2.75) is 17.5 Å². The van der Waals surface area contributed by atoms with Crippen LogP contribution in [0.2, 0.25) is 0 Å². The molecule has 27 heavy (non-hydrogen) atoms. The normalized spacial score (nSPS) is 10.6. The minimum Gasteiger partial charge on any atom is -0.497 e. The van der Waals surface area contributed by atoms with Gasteiger partial charge in [0.15, 0.2) is 11.0 Å². The molecule has 0 unspecified atom stereocenters. The van der Waals surface area contributed by atoms with Gasteiger partial charge in [0.25, 0.3) is 0 Å². The maximum atomic E-state index is 13.2. The van der Waals surface area contributed by atoms with Gasteiger partial charge in [-0.3, -0.25) is 4.57 Å². The number of methoxy groups -OCH3 is 2. The van der Waals surface area contributed by atoms with Gasteiger partial charge in [-0.25, -0.2) is 4.39 Å². The topological polar surface area (TPSA) is 49.2 Å². The number of ether oxygens (including phenoxy) is 2. The quantitative estimate of drug-likeness (QED) is 0.420. The molecule has 0 atom stereocenters. The Bertz CT molecular complexity index is 925. The summed E-state index contributed by atoms with van der Waals surface area (Å²) < 4.78 is 25.9. The van der Waals surface area contributed by atoms with E-state index in [1.165, 1.54) is 23.9 Å². The van der Waals surface area contributed by atoms with E-state index in [0.717, 1.165) is 27.8 Å². The van der Waals surface area contributed by atoms with Crippen molar-refractivity contribution in [3.05, 3.63) is 66.5 Å². The van der Waals surface area contributed by atoms with Crippen LogP contribution in [-0.4, -0.2) is 29.0 Å². The lowest BCUT2D eigenvalue weighted by molar-refractivity contribution is 0.400. The Hall–Kier alpha value is -2.80. The lowest BCUT2D eigenvalue weighted by Crippen LogP contribution is -2.01. The molecule has 0 fully saturated rings. The largest absolute Gasteiger partial charge is 0.497 e. The standard InChI is InChI=1S/C20H20FN3O2S/c1-4-11-24-19(14-5-7-16(21)8-6-14)22-23-20(24)27-13-15-12-17(25-2)9-10-18(15)26-3/h4-10,12H,1,11,13H2,2-3H3. The Labute approximate surface area is 161 Å². The second kappa shape index (κ2) is 8.73. The molecule has 7 heteroatoms. The predicted molar refractivity (Wildman–Crippen MR) is 105 cm³/mol. The number of benzene rings is 2. The van der Waals surface area contributed by atoms with Gasteiger partial charge in [-0.15, -0.1) is 16.8 Å². The van der Waals surface area contributed by atoms with E-state index in [2.05, 4.69) is 16.8 Å². The molecule has 0 spiro atoms. The third kappa shape index (κ3) is 4.31.